The second kappa shape index (κ2) is 5.83. The maximum Gasteiger partial charge on any atom is 0.170 e. The Morgan fingerprint density at radius 1 is 1.05 bits per heavy atom. The van der Waals surface area contributed by atoms with Gasteiger partial charge in [0.1, 0.15) is 5.69 Å². The highest BCUT2D eigenvalue weighted by Gasteiger charge is 2.39. The number of ether oxygens (including phenoxy) is 2. The fraction of sp³-hybridized carbons (Fsp3) is 0.471. The molecule has 0 saturated carbocycles. The maximum absolute atomic E-state index is 5.76. The summed E-state index contributed by atoms with van der Waals surface area (Å²) < 4.78 is 17.0. The van der Waals surface area contributed by atoms with Crippen LogP contribution in [0.1, 0.15) is 18.6 Å². The molecule has 3 heterocycles. The first-order valence-corrected chi connectivity index (χ1v) is 7.84. The van der Waals surface area contributed by atoms with Gasteiger partial charge >= 0.3 is 0 Å². The summed E-state index contributed by atoms with van der Waals surface area (Å²) in [6, 6.07) is 12.1. The molecule has 0 unspecified atom stereocenters. The van der Waals surface area contributed by atoms with E-state index in [1.165, 1.54) is 0 Å². The molecular weight excluding hydrogens is 280 g/mol. The Hall–Kier alpha value is -1.69. The van der Waals surface area contributed by atoms with Gasteiger partial charge in [-0.3, -0.25) is 4.90 Å². The van der Waals surface area contributed by atoms with E-state index in [4.69, 9.17) is 14.0 Å². The van der Waals surface area contributed by atoms with E-state index in [0.717, 1.165) is 62.7 Å². The van der Waals surface area contributed by atoms with Crippen molar-refractivity contribution < 1.29 is 14.0 Å². The highest BCUT2D eigenvalue weighted by Crippen LogP contribution is 2.32. The lowest BCUT2D eigenvalue weighted by Gasteiger charge is -2.37. The molecule has 0 aliphatic carbocycles. The molecular formula is C17H20N2O3. The van der Waals surface area contributed by atoms with Crippen LogP contribution < -0.4 is 0 Å². The zero-order valence-electron chi connectivity index (χ0n) is 12.5. The Morgan fingerprint density at radius 3 is 2.50 bits per heavy atom. The van der Waals surface area contributed by atoms with Crippen LogP contribution in [0.25, 0.3) is 11.3 Å². The van der Waals surface area contributed by atoms with Crippen LogP contribution in [-0.4, -0.2) is 42.1 Å². The lowest BCUT2D eigenvalue weighted by atomic mass is 10.0. The standard InChI is InChI=1S/C17H20N2O3/c1-2-4-14(5-3-1)16-12-15(22-18-16)13-19-8-6-17(7-9-19)20-10-11-21-17/h1-5,12H,6-11,13H2. The first-order valence-electron chi connectivity index (χ1n) is 7.84. The molecule has 0 N–H and O–H groups in total. The first kappa shape index (κ1) is 13.9. The van der Waals surface area contributed by atoms with Crippen molar-refractivity contribution in [3.63, 3.8) is 0 Å². The predicted octanol–water partition coefficient (Wildman–Crippen LogP) is 2.68. The number of benzene rings is 1. The van der Waals surface area contributed by atoms with E-state index in [2.05, 4.69) is 10.1 Å². The maximum atomic E-state index is 5.76. The van der Waals surface area contributed by atoms with E-state index in [9.17, 15) is 0 Å². The Morgan fingerprint density at radius 2 is 1.77 bits per heavy atom. The van der Waals surface area contributed by atoms with E-state index in [0.29, 0.717) is 0 Å². The number of aromatic nitrogens is 1. The molecule has 1 aromatic heterocycles. The van der Waals surface area contributed by atoms with Gasteiger partial charge in [0.25, 0.3) is 0 Å². The number of hydrogen-bond acceptors (Lipinski definition) is 5. The van der Waals surface area contributed by atoms with Gasteiger partial charge in [-0.1, -0.05) is 35.5 Å². The van der Waals surface area contributed by atoms with Gasteiger partial charge in [0.05, 0.1) is 19.8 Å². The third-order valence-electron chi connectivity index (χ3n) is 4.44. The number of likely N-dealkylation sites (tertiary alicyclic amines) is 1. The molecule has 0 bridgehead atoms. The fourth-order valence-corrected chi connectivity index (χ4v) is 3.19. The minimum absolute atomic E-state index is 0.312. The van der Waals surface area contributed by atoms with Crippen molar-refractivity contribution in [2.24, 2.45) is 0 Å². The average Bonchev–Trinajstić information content (AvgIpc) is 3.21. The summed E-state index contributed by atoms with van der Waals surface area (Å²) in [6.45, 7) is 4.16. The molecule has 0 radical (unpaired) electrons. The number of nitrogens with zero attached hydrogens (tertiary/aromatic N) is 2. The topological polar surface area (TPSA) is 47.7 Å². The van der Waals surface area contributed by atoms with Crippen LogP contribution in [0.4, 0.5) is 0 Å². The summed E-state index contributed by atoms with van der Waals surface area (Å²) in [7, 11) is 0. The first-order chi connectivity index (χ1) is 10.8. The molecule has 116 valence electrons. The van der Waals surface area contributed by atoms with Crippen molar-refractivity contribution in [2.45, 2.75) is 25.2 Å². The van der Waals surface area contributed by atoms with Crippen LogP contribution in [0.5, 0.6) is 0 Å². The molecule has 2 fully saturated rings. The third kappa shape index (κ3) is 2.79. The average molecular weight is 300 g/mol. The Kier molecular flexibility index (Phi) is 3.70. The summed E-state index contributed by atoms with van der Waals surface area (Å²) >= 11 is 0. The monoisotopic (exact) mass is 300 g/mol. The van der Waals surface area contributed by atoms with Crippen LogP contribution in [0.15, 0.2) is 40.9 Å². The van der Waals surface area contributed by atoms with Crippen LogP contribution in [0.3, 0.4) is 0 Å². The second-order valence-electron chi connectivity index (χ2n) is 5.93. The van der Waals surface area contributed by atoms with Crippen molar-refractivity contribution in [1.29, 1.82) is 0 Å². The Labute approximate surface area is 129 Å². The predicted molar refractivity (Wildman–Crippen MR) is 81.1 cm³/mol. The fourth-order valence-electron chi connectivity index (χ4n) is 3.19. The van der Waals surface area contributed by atoms with Crippen molar-refractivity contribution in [1.82, 2.24) is 10.1 Å². The third-order valence-corrected chi connectivity index (χ3v) is 4.44. The Balaban J connectivity index is 1.37. The molecule has 1 spiro atoms. The highest BCUT2D eigenvalue weighted by atomic mass is 16.7. The molecule has 0 atom stereocenters. The quantitative estimate of drug-likeness (QED) is 0.872. The summed E-state index contributed by atoms with van der Waals surface area (Å²) in [4.78, 5) is 2.37. The van der Waals surface area contributed by atoms with E-state index in [1.54, 1.807) is 0 Å². The van der Waals surface area contributed by atoms with E-state index in [1.807, 2.05) is 36.4 Å². The van der Waals surface area contributed by atoms with Gasteiger partial charge in [-0.2, -0.15) is 0 Å². The normalized spacial score (nSPS) is 21.5. The van der Waals surface area contributed by atoms with Crippen LogP contribution in [0.2, 0.25) is 0 Å². The van der Waals surface area contributed by atoms with E-state index >= 15 is 0 Å². The SMILES string of the molecule is c1ccc(-c2cc(CN3CCC4(CC3)OCCO4)on2)cc1. The lowest BCUT2D eigenvalue weighted by Crippen LogP contribution is -2.44. The molecule has 2 aliphatic rings. The molecule has 22 heavy (non-hydrogen) atoms. The summed E-state index contributed by atoms with van der Waals surface area (Å²) in [5.41, 5.74) is 1.98. The minimum Gasteiger partial charge on any atom is -0.359 e. The van der Waals surface area contributed by atoms with Crippen molar-refractivity contribution in [3.05, 3.63) is 42.2 Å². The van der Waals surface area contributed by atoms with Crippen molar-refractivity contribution in [2.75, 3.05) is 26.3 Å². The zero-order valence-corrected chi connectivity index (χ0v) is 12.5. The minimum atomic E-state index is -0.312. The van der Waals surface area contributed by atoms with E-state index < -0.39 is 0 Å². The molecule has 2 saturated heterocycles. The molecule has 5 nitrogen and oxygen atoms in total. The van der Waals surface area contributed by atoms with Gasteiger partial charge in [-0.05, 0) is 0 Å². The molecule has 0 amide bonds. The van der Waals surface area contributed by atoms with Gasteiger partial charge in [-0.15, -0.1) is 0 Å². The second-order valence-corrected chi connectivity index (χ2v) is 5.93. The summed E-state index contributed by atoms with van der Waals surface area (Å²) in [6.07, 6.45) is 1.85. The van der Waals surface area contributed by atoms with Gasteiger partial charge in [0.15, 0.2) is 11.5 Å². The van der Waals surface area contributed by atoms with Crippen molar-refractivity contribution in [3.8, 4) is 11.3 Å². The van der Waals surface area contributed by atoms with Gasteiger partial charge in [0.2, 0.25) is 0 Å². The lowest BCUT2D eigenvalue weighted by molar-refractivity contribution is -0.186. The molecule has 2 aliphatic heterocycles. The number of piperidine rings is 1. The molecule has 4 rings (SSSR count). The molecule has 2 aromatic rings. The number of hydrogen-bond donors (Lipinski definition) is 0. The molecule has 1 aromatic carbocycles. The van der Waals surface area contributed by atoms with Gasteiger partial charge < -0.3 is 14.0 Å². The summed E-state index contributed by atoms with van der Waals surface area (Å²) in [5.74, 6) is 0.593. The smallest absolute Gasteiger partial charge is 0.170 e. The molecule has 5 heteroatoms. The van der Waals surface area contributed by atoms with Crippen molar-refractivity contribution >= 4 is 0 Å². The summed E-state index contributed by atoms with van der Waals surface area (Å²) in [5, 5.41) is 4.17. The zero-order chi connectivity index (χ0) is 14.8. The number of rotatable bonds is 3. The Bertz CT molecular complexity index is 610. The van der Waals surface area contributed by atoms with Gasteiger partial charge in [0, 0.05) is 37.6 Å². The van der Waals surface area contributed by atoms with Crippen LogP contribution in [0, 0.1) is 0 Å². The highest BCUT2D eigenvalue weighted by molar-refractivity contribution is 5.58. The van der Waals surface area contributed by atoms with E-state index in [-0.39, 0.29) is 5.79 Å². The van der Waals surface area contributed by atoms with Gasteiger partial charge in [-0.25, -0.2) is 0 Å². The van der Waals surface area contributed by atoms with Crippen LogP contribution in [-0.2, 0) is 16.0 Å². The van der Waals surface area contributed by atoms with Crippen LogP contribution >= 0.6 is 0 Å². The largest absolute Gasteiger partial charge is 0.359 e.